The van der Waals surface area contributed by atoms with Crippen LogP contribution < -0.4 is 0 Å². The Kier molecular flexibility index (Phi) is 5.78. The van der Waals surface area contributed by atoms with Gasteiger partial charge in [-0.1, -0.05) is 140 Å². The predicted molar refractivity (Wildman–Crippen MR) is 184 cm³/mol. The molecule has 4 heteroatoms. The van der Waals surface area contributed by atoms with Crippen molar-refractivity contribution in [1.29, 1.82) is 0 Å². The smallest absolute Gasteiger partial charge is 0.164 e. The molecule has 45 heavy (non-hydrogen) atoms. The molecule has 210 valence electrons. The summed E-state index contributed by atoms with van der Waals surface area (Å²) in [4.78, 5) is 15.1. The van der Waals surface area contributed by atoms with Gasteiger partial charge in [-0.3, -0.25) is 0 Å². The van der Waals surface area contributed by atoms with Crippen molar-refractivity contribution in [2.24, 2.45) is 0 Å². The summed E-state index contributed by atoms with van der Waals surface area (Å²) in [6, 6.07) is 52.1. The van der Waals surface area contributed by atoms with Gasteiger partial charge in [-0.15, -0.1) is 0 Å². The highest BCUT2D eigenvalue weighted by Crippen LogP contribution is 2.45. The first-order chi connectivity index (χ1) is 22.3. The third-order valence-electron chi connectivity index (χ3n) is 8.51. The van der Waals surface area contributed by atoms with Gasteiger partial charge in [0.25, 0.3) is 0 Å². The molecule has 0 aliphatic heterocycles. The second-order valence-corrected chi connectivity index (χ2v) is 11.2. The standard InChI is InChI=1S/C41H25N3O/c1-3-14-27(15-4-1)39-42-40(28-16-5-2-6-17-28)44-41(43-39)32-20-10-9-19-31(32)34-25-29-24-23-26-13-7-8-18-30(26)36(29)38-37(34)33-21-11-12-22-35(33)45-38/h1-25H. The van der Waals surface area contributed by atoms with E-state index in [1.165, 1.54) is 10.8 Å². The van der Waals surface area contributed by atoms with Crippen LogP contribution in [-0.2, 0) is 0 Å². The normalized spacial score (nSPS) is 11.6. The average molecular weight is 576 g/mol. The van der Waals surface area contributed by atoms with Crippen LogP contribution >= 0.6 is 0 Å². The molecule has 0 aliphatic rings. The zero-order valence-electron chi connectivity index (χ0n) is 24.2. The molecule has 0 saturated carbocycles. The van der Waals surface area contributed by atoms with E-state index in [-0.39, 0.29) is 0 Å². The number of rotatable bonds is 4. The molecule has 0 amide bonds. The fraction of sp³-hybridized carbons (Fsp3) is 0. The highest BCUT2D eigenvalue weighted by atomic mass is 16.3. The Balaban J connectivity index is 1.36. The van der Waals surface area contributed by atoms with Gasteiger partial charge in [-0.25, -0.2) is 15.0 Å². The van der Waals surface area contributed by atoms with Crippen LogP contribution in [0, 0.1) is 0 Å². The van der Waals surface area contributed by atoms with Crippen LogP contribution in [0.5, 0.6) is 0 Å². The van der Waals surface area contributed by atoms with Crippen LogP contribution in [0.4, 0.5) is 0 Å². The largest absolute Gasteiger partial charge is 0.455 e. The molecule has 0 radical (unpaired) electrons. The number of benzene rings is 7. The van der Waals surface area contributed by atoms with Gasteiger partial charge in [0.1, 0.15) is 11.2 Å². The van der Waals surface area contributed by atoms with Crippen molar-refractivity contribution in [2.45, 2.75) is 0 Å². The van der Waals surface area contributed by atoms with E-state index in [1.54, 1.807) is 0 Å². The number of fused-ring (bicyclic) bond motifs is 7. The van der Waals surface area contributed by atoms with E-state index in [0.29, 0.717) is 17.5 Å². The second-order valence-electron chi connectivity index (χ2n) is 11.2. The number of para-hydroxylation sites is 1. The number of furan rings is 1. The SMILES string of the molecule is c1ccc(-c2nc(-c3ccccc3)nc(-c3ccccc3-c3cc4ccc5ccccc5c4c4oc5ccccc5c34)n2)cc1. The number of nitrogens with zero attached hydrogens (tertiary/aromatic N) is 3. The second kappa shape index (κ2) is 10.2. The summed E-state index contributed by atoms with van der Waals surface area (Å²) in [6.07, 6.45) is 0. The molecule has 0 spiro atoms. The van der Waals surface area contributed by atoms with Crippen LogP contribution in [0.2, 0.25) is 0 Å². The molecule has 9 rings (SSSR count). The molecule has 0 fully saturated rings. The Bertz CT molecular complexity index is 2480. The summed E-state index contributed by atoms with van der Waals surface area (Å²) in [7, 11) is 0. The predicted octanol–water partition coefficient (Wildman–Crippen LogP) is 10.7. The zero-order valence-corrected chi connectivity index (χ0v) is 24.2. The molecular weight excluding hydrogens is 550 g/mol. The van der Waals surface area contributed by atoms with Gasteiger partial charge in [-0.05, 0) is 39.4 Å². The van der Waals surface area contributed by atoms with Gasteiger partial charge in [0.15, 0.2) is 17.5 Å². The van der Waals surface area contributed by atoms with E-state index in [9.17, 15) is 0 Å². The third-order valence-corrected chi connectivity index (χ3v) is 8.51. The first-order valence-electron chi connectivity index (χ1n) is 15.0. The summed E-state index contributed by atoms with van der Waals surface area (Å²) in [5.41, 5.74) is 6.68. The summed E-state index contributed by atoms with van der Waals surface area (Å²) in [5, 5.41) is 6.78. The minimum absolute atomic E-state index is 0.623. The Labute approximate surface area is 259 Å². The van der Waals surface area contributed by atoms with Gasteiger partial charge in [0.05, 0.1) is 0 Å². The first kappa shape index (κ1) is 25.4. The zero-order chi connectivity index (χ0) is 29.7. The fourth-order valence-electron chi connectivity index (χ4n) is 6.43. The van der Waals surface area contributed by atoms with Crippen LogP contribution in [0.15, 0.2) is 156 Å². The molecule has 4 nitrogen and oxygen atoms in total. The molecule has 0 bridgehead atoms. The lowest BCUT2D eigenvalue weighted by Crippen LogP contribution is -2.01. The first-order valence-corrected chi connectivity index (χ1v) is 15.0. The fourth-order valence-corrected chi connectivity index (χ4v) is 6.43. The molecule has 0 unspecified atom stereocenters. The maximum absolute atomic E-state index is 6.69. The van der Waals surface area contributed by atoms with Gasteiger partial charge < -0.3 is 4.42 Å². The molecule has 0 atom stereocenters. The lowest BCUT2D eigenvalue weighted by Gasteiger charge is -2.14. The van der Waals surface area contributed by atoms with Crippen molar-refractivity contribution in [1.82, 2.24) is 15.0 Å². The summed E-state index contributed by atoms with van der Waals surface area (Å²) in [5.74, 6) is 1.90. The van der Waals surface area contributed by atoms with Crippen LogP contribution in [0.25, 0.3) is 88.8 Å². The monoisotopic (exact) mass is 575 g/mol. The third kappa shape index (κ3) is 4.19. The molecule has 0 N–H and O–H groups in total. The van der Waals surface area contributed by atoms with Gasteiger partial charge in [-0.2, -0.15) is 0 Å². The van der Waals surface area contributed by atoms with Crippen molar-refractivity contribution < 1.29 is 4.42 Å². The minimum atomic E-state index is 0.623. The van der Waals surface area contributed by atoms with Crippen LogP contribution in [-0.4, -0.2) is 15.0 Å². The number of aromatic nitrogens is 3. The van der Waals surface area contributed by atoms with Crippen molar-refractivity contribution in [3.63, 3.8) is 0 Å². The van der Waals surface area contributed by atoms with E-state index >= 15 is 0 Å². The molecule has 0 saturated heterocycles. The maximum atomic E-state index is 6.69. The molecule has 2 aromatic heterocycles. The van der Waals surface area contributed by atoms with Gasteiger partial charge in [0.2, 0.25) is 0 Å². The van der Waals surface area contributed by atoms with Crippen molar-refractivity contribution in [2.75, 3.05) is 0 Å². The molecule has 9 aromatic rings. The Morgan fingerprint density at radius 2 is 0.933 bits per heavy atom. The molecule has 7 aromatic carbocycles. The topological polar surface area (TPSA) is 51.8 Å². The van der Waals surface area contributed by atoms with E-state index < -0.39 is 0 Å². The summed E-state index contributed by atoms with van der Waals surface area (Å²) < 4.78 is 6.69. The van der Waals surface area contributed by atoms with Crippen LogP contribution in [0.3, 0.4) is 0 Å². The lowest BCUT2D eigenvalue weighted by molar-refractivity contribution is 0.673. The van der Waals surface area contributed by atoms with Crippen LogP contribution in [0.1, 0.15) is 0 Å². The highest BCUT2D eigenvalue weighted by molar-refractivity contribution is 6.27. The molecule has 0 aliphatic carbocycles. The van der Waals surface area contributed by atoms with E-state index in [2.05, 4.69) is 72.8 Å². The Morgan fingerprint density at radius 3 is 1.67 bits per heavy atom. The van der Waals surface area contributed by atoms with Crippen molar-refractivity contribution in [3.05, 3.63) is 152 Å². The van der Waals surface area contributed by atoms with Gasteiger partial charge in [0, 0.05) is 32.8 Å². The quantitative estimate of drug-likeness (QED) is 0.196. The van der Waals surface area contributed by atoms with Crippen molar-refractivity contribution in [3.8, 4) is 45.3 Å². The average Bonchev–Trinajstić information content (AvgIpc) is 3.51. The molecular formula is C41H25N3O. The number of hydrogen-bond acceptors (Lipinski definition) is 4. The highest BCUT2D eigenvalue weighted by Gasteiger charge is 2.21. The van der Waals surface area contributed by atoms with E-state index in [4.69, 9.17) is 19.4 Å². The molecule has 2 heterocycles. The Hall–Kier alpha value is -6.13. The van der Waals surface area contributed by atoms with E-state index in [0.717, 1.165) is 60.5 Å². The van der Waals surface area contributed by atoms with Crippen molar-refractivity contribution >= 4 is 43.5 Å². The van der Waals surface area contributed by atoms with Gasteiger partial charge >= 0.3 is 0 Å². The maximum Gasteiger partial charge on any atom is 0.164 e. The minimum Gasteiger partial charge on any atom is -0.455 e. The Morgan fingerprint density at radius 1 is 0.378 bits per heavy atom. The summed E-state index contributed by atoms with van der Waals surface area (Å²) >= 11 is 0. The van der Waals surface area contributed by atoms with E-state index in [1.807, 2.05) is 78.9 Å². The summed E-state index contributed by atoms with van der Waals surface area (Å²) in [6.45, 7) is 0. The number of hydrogen-bond donors (Lipinski definition) is 0. The lowest BCUT2D eigenvalue weighted by atomic mass is 9.90.